The van der Waals surface area contributed by atoms with Gasteiger partial charge in [-0.05, 0) is 105 Å². The van der Waals surface area contributed by atoms with E-state index in [-0.39, 0.29) is 76.1 Å². The number of amides is 9. The third-order valence-electron chi connectivity index (χ3n) is 16.6. The quantitative estimate of drug-likeness (QED) is 0.0240. The van der Waals surface area contributed by atoms with Crippen molar-refractivity contribution in [2.45, 2.75) is 171 Å². The van der Waals surface area contributed by atoms with Crippen LogP contribution in [0.2, 0.25) is 0 Å². The molecule has 0 spiro atoms. The minimum Gasteiger partial charge on any atom is -0.480 e. The van der Waals surface area contributed by atoms with E-state index in [4.69, 9.17) is 17.2 Å². The zero-order valence-corrected chi connectivity index (χ0v) is 49.7. The molecule has 11 atom stereocenters. The van der Waals surface area contributed by atoms with Crippen molar-refractivity contribution in [1.29, 1.82) is 0 Å². The first kappa shape index (κ1) is 66.9. The van der Waals surface area contributed by atoms with Crippen molar-refractivity contribution in [2.24, 2.45) is 34.0 Å². The summed E-state index contributed by atoms with van der Waals surface area (Å²) in [4.78, 5) is 146. The Balaban J connectivity index is 1.16. The minimum absolute atomic E-state index is 0.0308. The number of aliphatic imine (C=N–C) groups is 1. The summed E-state index contributed by atoms with van der Waals surface area (Å²) in [7, 11) is 0. The highest BCUT2D eigenvalue weighted by Gasteiger charge is 2.52. The Morgan fingerprint density at radius 3 is 2.08 bits per heavy atom. The van der Waals surface area contributed by atoms with Crippen LogP contribution >= 0.6 is 0 Å². The number of carboxylic acids is 1. The van der Waals surface area contributed by atoms with E-state index in [1.807, 2.05) is 36.4 Å². The second kappa shape index (κ2) is 31.8. The highest BCUT2D eigenvalue weighted by molar-refractivity contribution is 5.99. The number of aliphatic carboxylic acids is 1. The van der Waals surface area contributed by atoms with E-state index < -0.39 is 126 Å². The van der Waals surface area contributed by atoms with Crippen LogP contribution in [0.3, 0.4) is 0 Å². The van der Waals surface area contributed by atoms with Crippen LogP contribution in [0.15, 0.2) is 77.8 Å². The molecular formula is C61H87N13O12. The van der Waals surface area contributed by atoms with E-state index in [0.29, 0.717) is 43.2 Å². The number of nitrogens with two attached hydrogens (primary N) is 3. The highest BCUT2D eigenvalue weighted by Crippen LogP contribution is 2.41. The average molecular weight is 1190 g/mol. The van der Waals surface area contributed by atoms with Gasteiger partial charge in [-0.1, -0.05) is 106 Å². The molecule has 0 unspecified atom stereocenters. The van der Waals surface area contributed by atoms with Gasteiger partial charge in [-0.2, -0.15) is 0 Å². The van der Waals surface area contributed by atoms with Gasteiger partial charge in [-0.25, -0.2) is 4.79 Å². The van der Waals surface area contributed by atoms with Crippen molar-refractivity contribution in [3.05, 3.63) is 83.9 Å². The fourth-order valence-corrected chi connectivity index (χ4v) is 11.9. The molecule has 15 N–H and O–H groups in total. The summed E-state index contributed by atoms with van der Waals surface area (Å²) in [5.74, 6) is -8.06. The number of hydrogen-bond acceptors (Lipinski definition) is 13. The number of hydrogen-bond donors (Lipinski definition) is 12. The molecule has 3 aromatic carbocycles. The van der Waals surface area contributed by atoms with Gasteiger partial charge in [-0.15, -0.1) is 0 Å². The zero-order chi connectivity index (χ0) is 62.7. The first-order valence-corrected chi connectivity index (χ1v) is 29.9. The van der Waals surface area contributed by atoms with E-state index in [1.54, 1.807) is 55.1 Å². The van der Waals surface area contributed by atoms with Gasteiger partial charge < -0.3 is 74.4 Å². The maximum absolute atomic E-state index is 15.0. The Kier molecular flexibility index (Phi) is 24.8. The van der Waals surface area contributed by atoms with Crippen molar-refractivity contribution in [3.63, 3.8) is 0 Å². The number of fused-ring (bicyclic) bond motifs is 2. The lowest BCUT2D eigenvalue weighted by molar-refractivity contribution is -0.150. The number of guanidine groups is 1. The number of carbonyl (C=O) groups excluding carboxylic acids is 9. The topological polar surface area (TPSA) is 392 Å². The third-order valence-corrected chi connectivity index (χ3v) is 16.6. The smallest absolute Gasteiger partial charge is 0.326 e. The second-order valence-electron chi connectivity index (χ2n) is 23.1. The summed E-state index contributed by atoms with van der Waals surface area (Å²) >= 11 is 0. The molecule has 25 heteroatoms. The maximum atomic E-state index is 15.0. The Bertz CT molecular complexity index is 2930. The van der Waals surface area contributed by atoms with Crippen LogP contribution in [0, 0.1) is 11.8 Å². The number of rotatable bonds is 30. The molecule has 0 bridgehead atoms. The van der Waals surface area contributed by atoms with Crippen LogP contribution in [-0.4, -0.2) is 172 Å². The molecule has 0 aromatic heterocycles. The fourth-order valence-electron chi connectivity index (χ4n) is 11.9. The van der Waals surface area contributed by atoms with Gasteiger partial charge in [0.1, 0.15) is 47.8 Å². The van der Waals surface area contributed by atoms with E-state index in [2.05, 4.69) is 42.2 Å². The molecule has 3 fully saturated rings. The SMILES string of the molecule is CC[C@H](C)[C@@H](NC(=O)[C@@H](Cc1ccc2ccccc2c1)NC(=O)[C@H](CO)NC(=O)[C@](C)(Cc1ccccc1)NC(=O)CNC(=O)[C@@H]1CCCN1C(=O)[C@@H]1C[C@@H]2CCCC[C@@H]2N1C(=O)[C@H](CCCN=C(N)N)NC(=O)[C@H](CCCN)NC(C)=O)C(=O)O. The summed E-state index contributed by atoms with van der Waals surface area (Å²) in [6.07, 6.45) is 5.32. The summed E-state index contributed by atoms with van der Waals surface area (Å²) < 4.78 is 0. The Morgan fingerprint density at radius 2 is 1.41 bits per heavy atom. The summed E-state index contributed by atoms with van der Waals surface area (Å²) in [6.45, 7) is 5.13. The lowest BCUT2D eigenvalue weighted by Gasteiger charge is -2.37. The van der Waals surface area contributed by atoms with Gasteiger partial charge >= 0.3 is 5.97 Å². The van der Waals surface area contributed by atoms with Gasteiger partial charge in [0, 0.05) is 38.9 Å². The van der Waals surface area contributed by atoms with Gasteiger partial charge in [0.05, 0.1) is 13.2 Å². The minimum atomic E-state index is -1.84. The highest BCUT2D eigenvalue weighted by atomic mass is 16.4. The van der Waals surface area contributed by atoms with Gasteiger partial charge in [0.2, 0.25) is 53.2 Å². The number of nitrogens with zero attached hydrogens (tertiary/aromatic N) is 3. The van der Waals surface area contributed by atoms with Crippen LogP contribution in [0.5, 0.6) is 0 Å². The number of carboxylic acid groups (broad SMARTS) is 1. The van der Waals surface area contributed by atoms with E-state index in [1.165, 1.54) is 18.7 Å². The lowest BCUT2D eigenvalue weighted by Crippen LogP contribution is -2.64. The van der Waals surface area contributed by atoms with Crippen LogP contribution < -0.4 is 54.4 Å². The first-order chi connectivity index (χ1) is 41.1. The van der Waals surface area contributed by atoms with Crippen LogP contribution in [0.25, 0.3) is 10.8 Å². The molecular weight excluding hydrogens is 1110 g/mol. The van der Waals surface area contributed by atoms with E-state index in [9.17, 15) is 53.4 Å². The number of likely N-dealkylation sites (tertiary alicyclic amines) is 2. The molecule has 86 heavy (non-hydrogen) atoms. The van der Waals surface area contributed by atoms with Gasteiger partial charge in [-0.3, -0.25) is 48.1 Å². The number of carbonyl (C=O) groups is 10. The predicted octanol–water partition coefficient (Wildman–Crippen LogP) is 0.126. The molecule has 3 aliphatic rings. The fraction of sp³-hybridized carbons (Fsp3) is 0.557. The Hall–Kier alpha value is -8.19. The number of nitrogens with one attached hydrogen (secondary N) is 7. The molecule has 2 heterocycles. The molecule has 468 valence electrons. The van der Waals surface area contributed by atoms with Crippen molar-refractivity contribution in [2.75, 3.05) is 32.8 Å². The first-order valence-electron chi connectivity index (χ1n) is 29.9. The Morgan fingerprint density at radius 1 is 0.744 bits per heavy atom. The molecule has 3 aromatic rings. The third kappa shape index (κ3) is 18.2. The molecule has 6 rings (SSSR count). The van der Waals surface area contributed by atoms with Crippen molar-refractivity contribution in [1.82, 2.24) is 47.0 Å². The molecule has 1 saturated carbocycles. The van der Waals surface area contributed by atoms with E-state index in [0.717, 1.165) is 30.0 Å². The summed E-state index contributed by atoms with van der Waals surface area (Å²) in [5.41, 5.74) is 16.3. The number of aliphatic hydroxyl groups excluding tert-OH is 1. The van der Waals surface area contributed by atoms with Gasteiger partial charge in [0.15, 0.2) is 5.96 Å². The molecule has 2 aliphatic heterocycles. The summed E-state index contributed by atoms with van der Waals surface area (Å²) in [6, 6.07) is 12.8. The number of aliphatic hydroxyl groups is 1. The molecule has 25 nitrogen and oxygen atoms in total. The monoisotopic (exact) mass is 1190 g/mol. The van der Waals surface area contributed by atoms with Crippen LogP contribution in [-0.2, 0) is 60.8 Å². The molecule has 0 radical (unpaired) electrons. The normalized spacial score (nSPS) is 20.0. The molecule has 9 amide bonds. The lowest BCUT2D eigenvalue weighted by atomic mass is 9.84. The molecule has 1 aliphatic carbocycles. The van der Waals surface area contributed by atoms with Gasteiger partial charge in [0.25, 0.3) is 0 Å². The van der Waals surface area contributed by atoms with Crippen molar-refractivity contribution >= 4 is 75.9 Å². The standard InChI is InChI=1S/C61H87N13O12/c1-5-36(2)51(58(84)85)71-53(79)45(31-39-25-26-40-18-9-10-19-41(40)30-39)69-54(80)46(35-75)70-59(86)61(4,33-38-16-7-6-8-17-38)72-50(77)34-66-55(81)48-24-15-29-73(48)57(83)49-32-42-20-11-12-23-47(42)74(49)56(82)44(22-14-28-65-60(63)64)68-52(78)43(21-13-27-62)67-37(3)76/h6-10,16-19,25-26,30,36,42-49,51,75H,5,11-15,20-24,27-29,31-35,62H2,1-4H3,(H,66,81)(H,67,76)(H,68,78)(H,69,80)(H,70,86)(H,71,79)(H,72,77)(H,84,85)(H4,63,64,65)/t36-,42-,43-,44-,45+,46-,47-,48-,49-,51+,61-/m0/s1. The Labute approximate surface area is 501 Å². The van der Waals surface area contributed by atoms with E-state index >= 15 is 4.79 Å². The largest absolute Gasteiger partial charge is 0.480 e. The number of benzene rings is 3. The van der Waals surface area contributed by atoms with Crippen LogP contribution in [0.4, 0.5) is 0 Å². The van der Waals surface area contributed by atoms with Crippen molar-refractivity contribution in [3.8, 4) is 0 Å². The second-order valence-corrected chi connectivity index (χ2v) is 23.1. The van der Waals surface area contributed by atoms with Crippen LogP contribution in [0.1, 0.15) is 116 Å². The summed E-state index contributed by atoms with van der Waals surface area (Å²) in [5, 5.41) is 41.0. The van der Waals surface area contributed by atoms with Crippen molar-refractivity contribution < 1.29 is 58.2 Å². The predicted molar refractivity (Wildman–Crippen MR) is 321 cm³/mol. The zero-order valence-electron chi connectivity index (χ0n) is 49.7. The maximum Gasteiger partial charge on any atom is 0.326 e. The average Bonchev–Trinajstić information content (AvgIpc) is 1.77. The molecule has 2 saturated heterocycles.